The zero-order valence-electron chi connectivity index (χ0n) is 9.60. The molecule has 0 aromatic heterocycles. The first-order valence-electron chi connectivity index (χ1n) is 5.02. The van der Waals surface area contributed by atoms with Crippen LogP contribution in [0, 0.1) is 0 Å². The molecule has 0 fully saturated rings. The number of ether oxygens (including phenoxy) is 2. The third-order valence-corrected chi connectivity index (χ3v) is 3.56. The number of rotatable bonds is 2. The van der Waals surface area contributed by atoms with Crippen LogP contribution in [0.4, 0.5) is 0 Å². The highest BCUT2D eigenvalue weighted by Crippen LogP contribution is 2.46. The Hall–Kier alpha value is -0.350. The minimum absolute atomic E-state index is 0. The van der Waals surface area contributed by atoms with Crippen molar-refractivity contribution in [3.05, 3.63) is 21.2 Å². The largest absolute Gasteiger partial charge is 0.491 e. The summed E-state index contributed by atoms with van der Waals surface area (Å²) in [6, 6.07) is 0. The summed E-state index contributed by atoms with van der Waals surface area (Å²) < 4.78 is 10.5. The lowest BCUT2D eigenvalue weighted by Gasteiger charge is -2.23. The average Bonchev–Trinajstić information content (AvgIpc) is 2.33. The number of fused-ring (bicyclic) bond motifs is 1. The van der Waals surface area contributed by atoms with Crippen LogP contribution >= 0.6 is 35.6 Å². The van der Waals surface area contributed by atoms with E-state index in [0.717, 1.165) is 24.1 Å². The van der Waals surface area contributed by atoms with Gasteiger partial charge < -0.3 is 14.8 Å². The molecule has 0 saturated carbocycles. The number of benzene rings is 1. The van der Waals surface area contributed by atoms with Crippen LogP contribution in [0.2, 0.25) is 10.0 Å². The van der Waals surface area contributed by atoms with Crippen LogP contribution < -0.4 is 14.8 Å². The molecule has 1 aliphatic rings. The van der Waals surface area contributed by atoms with Crippen LogP contribution in [0.15, 0.2) is 0 Å². The van der Waals surface area contributed by atoms with Crippen molar-refractivity contribution in [2.45, 2.75) is 13.0 Å². The van der Waals surface area contributed by atoms with Crippen molar-refractivity contribution in [3.8, 4) is 11.5 Å². The van der Waals surface area contributed by atoms with E-state index in [9.17, 15) is 0 Å². The molecule has 0 unspecified atom stereocenters. The topological polar surface area (TPSA) is 30.5 Å². The highest BCUT2D eigenvalue weighted by molar-refractivity contribution is 6.37. The molecule has 0 bridgehead atoms. The van der Waals surface area contributed by atoms with Crippen LogP contribution in [-0.4, -0.2) is 20.8 Å². The van der Waals surface area contributed by atoms with E-state index >= 15 is 0 Å². The van der Waals surface area contributed by atoms with Crippen LogP contribution in [0.5, 0.6) is 11.5 Å². The predicted molar refractivity (Wildman–Crippen MR) is 72.2 cm³/mol. The maximum Gasteiger partial charge on any atom is 0.181 e. The van der Waals surface area contributed by atoms with Gasteiger partial charge in [-0.2, -0.15) is 0 Å². The minimum Gasteiger partial charge on any atom is -0.491 e. The molecule has 96 valence electrons. The standard InChI is InChI=1S/C11H13Cl2NO2.ClH/c1-15-10-8(12)6-3-4-14-5-7(6)9(13)11(10)16-2;/h14H,3-5H2,1-2H3;1H. The Labute approximate surface area is 117 Å². The fourth-order valence-corrected chi connectivity index (χ4v) is 2.69. The second-order valence-electron chi connectivity index (χ2n) is 3.58. The van der Waals surface area contributed by atoms with Gasteiger partial charge in [0.2, 0.25) is 0 Å². The van der Waals surface area contributed by atoms with E-state index in [1.807, 2.05) is 0 Å². The van der Waals surface area contributed by atoms with E-state index in [1.165, 1.54) is 0 Å². The summed E-state index contributed by atoms with van der Waals surface area (Å²) in [5.41, 5.74) is 2.07. The molecule has 2 rings (SSSR count). The van der Waals surface area contributed by atoms with Crippen molar-refractivity contribution in [1.29, 1.82) is 0 Å². The molecule has 0 radical (unpaired) electrons. The molecule has 3 nitrogen and oxygen atoms in total. The fourth-order valence-electron chi connectivity index (χ4n) is 1.97. The van der Waals surface area contributed by atoms with E-state index in [2.05, 4.69) is 5.32 Å². The van der Waals surface area contributed by atoms with E-state index < -0.39 is 0 Å². The van der Waals surface area contributed by atoms with Crippen molar-refractivity contribution in [1.82, 2.24) is 5.32 Å². The van der Waals surface area contributed by atoms with Crippen molar-refractivity contribution in [3.63, 3.8) is 0 Å². The maximum absolute atomic E-state index is 6.29. The molecule has 1 N–H and O–H groups in total. The molecule has 1 aromatic carbocycles. The predicted octanol–water partition coefficient (Wildman–Crippen LogP) is 3.08. The quantitative estimate of drug-likeness (QED) is 0.910. The molecule has 1 aliphatic heterocycles. The minimum atomic E-state index is 0. The van der Waals surface area contributed by atoms with Gasteiger partial charge in [-0.25, -0.2) is 0 Å². The molecular formula is C11H14Cl3NO2. The van der Waals surface area contributed by atoms with Crippen LogP contribution in [0.1, 0.15) is 11.1 Å². The Morgan fingerprint density at radius 3 is 2.06 bits per heavy atom. The van der Waals surface area contributed by atoms with E-state index in [1.54, 1.807) is 14.2 Å². The average molecular weight is 299 g/mol. The van der Waals surface area contributed by atoms with E-state index in [-0.39, 0.29) is 12.4 Å². The van der Waals surface area contributed by atoms with Gasteiger partial charge in [0.05, 0.1) is 24.3 Å². The van der Waals surface area contributed by atoms with Crippen LogP contribution in [0.3, 0.4) is 0 Å². The molecule has 0 amide bonds. The van der Waals surface area contributed by atoms with Gasteiger partial charge in [0.15, 0.2) is 11.5 Å². The number of halogens is 3. The summed E-state index contributed by atoms with van der Waals surface area (Å²) in [6.07, 6.45) is 0.855. The molecule has 0 aliphatic carbocycles. The van der Waals surface area contributed by atoms with Gasteiger partial charge in [0.25, 0.3) is 0 Å². The first kappa shape index (κ1) is 14.7. The summed E-state index contributed by atoms with van der Waals surface area (Å²) in [7, 11) is 3.12. The summed E-state index contributed by atoms with van der Waals surface area (Å²) in [6.45, 7) is 1.62. The molecule has 17 heavy (non-hydrogen) atoms. The SMILES string of the molecule is COc1c(Cl)c2c(c(Cl)c1OC)CNCC2.Cl. The molecule has 0 spiro atoms. The maximum atomic E-state index is 6.29. The second kappa shape index (κ2) is 6.01. The Balaban J connectivity index is 0.00000144. The first-order valence-corrected chi connectivity index (χ1v) is 5.77. The van der Waals surface area contributed by atoms with Gasteiger partial charge in [0, 0.05) is 6.54 Å². The molecular weight excluding hydrogens is 284 g/mol. The van der Waals surface area contributed by atoms with E-state index in [4.69, 9.17) is 32.7 Å². The molecule has 1 aromatic rings. The Bertz CT molecular complexity index is 368. The number of nitrogens with one attached hydrogen (secondary N) is 1. The molecule has 1 heterocycles. The first-order chi connectivity index (χ1) is 7.70. The summed E-state index contributed by atoms with van der Waals surface area (Å²) in [5, 5.41) is 4.46. The number of hydrogen-bond acceptors (Lipinski definition) is 3. The van der Waals surface area contributed by atoms with Gasteiger partial charge in [-0.3, -0.25) is 0 Å². The molecule has 0 atom stereocenters. The third kappa shape index (κ3) is 2.43. The van der Waals surface area contributed by atoms with Crippen molar-refractivity contribution < 1.29 is 9.47 Å². The summed E-state index contributed by atoms with van der Waals surface area (Å²) in [5.74, 6) is 1.03. The number of hydrogen-bond donors (Lipinski definition) is 1. The van der Waals surface area contributed by atoms with Crippen molar-refractivity contribution >= 4 is 35.6 Å². The lowest BCUT2D eigenvalue weighted by molar-refractivity contribution is 0.354. The Morgan fingerprint density at radius 1 is 1.00 bits per heavy atom. The van der Waals surface area contributed by atoms with E-state index in [0.29, 0.717) is 28.1 Å². The van der Waals surface area contributed by atoms with Crippen LogP contribution in [-0.2, 0) is 13.0 Å². The summed E-state index contributed by atoms with van der Waals surface area (Å²) >= 11 is 12.6. The number of methoxy groups -OCH3 is 2. The highest BCUT2D eigenvalue weighted by atomic mass is 35.5. The van der Waals surface area contributed by atoms with Crippen molar-refractivity contribution in [2.24, 2.45) is 0 Å². The normalized spacial score (nSPS) is 13.6. The Morgan fingerprint density at radius 2 is 1.53 bits per heavy atom. The molecule has 0 saturated heterocycles. The Kier molecular flexibility index (Phi) is 5.20. The van der Waals surface area contributed by atoms with Gasteiger partial charge in [-0.05, 0) is 24.1 Å². The lowest BCUT2D eigenvalue weighted by atomic mass is 10.00. The third-order valence-electron chi connectivity index (χ3n) is 2.76. The highest BCUT2D eigenvalue weighted by Gasteiger charge is 2.24. The van der Waals surface area contributed by atoms with Gasteiger partial charge in [0.1, 0.15) is 0 Å². The van der Waals surface area contributed by atoms with Crippen LogP contribution in [0.25, 0.3) is 0 Å². The van der Waals surface area contributed by atoms with Gasteiger partial charge >= 0.3 is 0 Å². The van der Waals surface area contributed by atoms with Gasteiger partial charge in [-0.15, -0.1) is 12.4 Å². The zero-order chi connectivity index (χ0) is 11.7. The van der Waals surface area contributed by atoms with Crippen molar-refractivity contribution in [2.75, 3.05) is 20.8 Å². The monoisotopic (exact) mass is 297 g/mol. The fraction of sp³-hybridized carbons (Fsp3) is 0.455. The smallest absolute Gasteiger partial charge is 0.181 e. The lowest BCUT2D eigenvalue weighted by Crippen LogP contribution is -2.24. The molecule has 6 heteroatoms. The van der Waals surface area contributed by atoms with Gasteiger partial charge in [-0.1, -0.05) is 23.2 Å². The summed E-state index contributed by atoms with van der Waals surface area (Å²) in [4.78, 5) is 0. The zero-order valence-corrected chi connectivity index (χ0v) is 11.9. The second-order valence-corrected chi connectivity index (χ2v) is 4.33.